The normalized spacial score (nSPS) is 14.7. The highest BCUT2D eigenvalue weighted by Crippen LogP contribution is 2.30. The van der Waals surface area contributed by atoms with E-state index >= 15 is 0 Å². The number of halogens is 2. The summed E-state index contributed by atoms with van der Waals surface area (Å²) in [5.74, 6) is -1.08. The number of hydrogen-bond acceptors (Lipinski definition) is 6. The van der Waals surface area contributed by atoms with Gasteiger partial charge in [0, 0.05) is 59.6 Å². The number of thiocarbonyl (C=S) groups is 1. The maximum absolute atomic E-state index is 13.5. The van der Waals surface area contributed by atoms with Crippen LogP contribution in [0.2, 0.25) is 0 Å². The first kappa shape index (κ1) is 24.8. The van der Waals surface area contributed by atoms with Gasteiger partial charge < -0.3 is 26.6 Å². The highest BCUT2D eigenvalue weighted by atomic mass is 32.2. The average molecular weight is 514 g/mol. The van der Waals surface area contributed by atoms with Crippen molar-refractivity contribution in [3.05, 3.63) is 71.9 Å². The first-order valence-corrected chi connectivity index (χ1v) is 12.1. The molecule has 1 aliphatic heterocycles. The van der Waals surface area contributed by atoms with Gasteiger partial charge in [0.05, 0.1) is 5.56 Å². The third-order valence-corrected chi connectivity index (χ3v) is 6.57. The van der Waals surface area contributed by atoms with E-state index in [4.69, 9.17) is 23.7 Å². The van der Waals surface area contributed by atoms with Gasteiger partial charge in [-0.2, -0.15) is 0 Å². The van der Waals surface area contributed by atoms with Crippen molar-refractivity contribution in [2.24, 2.45) is 10.7 Å². The Balaban J connectivity index is 1.43. The molecule has 1 aliphatic rings. The SMILES string of the molecule is CN1CCN(c2ccc(NC(=S)N=C(N)c3cc(Sc4cc(F)cc(F)c4)cnc3N)cc2)CC1. The Morgan fingerprint density at radius 2 is 1.69 bits per heavy atom. The van der Waals surface area contributed by atoms with E-state index in [1.165, 1.54) is 18.3 Å². The van der Waals surface area contributed by atoms with Crippen LogP contribution in [0.4, 0.5) is 26.0 Å². The van der Waals surface area contributed by atoms with Gasteiger partial charge in [-0.15, -0.1) is 0 Å². The molecule has 7 nitrogen and oxygen atoms in total. The Kier molecular flexibility index (Phi) is 7.79. The minimum atomic E-state index is -0.662. The van der Waals surface area contributed by atoms with E-state index in [2.05, 4.69) is 32.1 Å². The highest BCUT2D eigenvalue weighted by Gasteiger charge is 2.14. The number of pyridine rings is 1. The Labute approximate surface area is 212 Å². The van der Waals surface area contributed by atoms with Gasteiger partial charge >= 0.3 is 0 Å². The van der Waals surface area contributed by atoms with E-state index in [9.17, 15) is 8.78 Å². The van der Waals surface area contributed by atoms with Crippen LogP contribution < -0.4 is 21.7 Å². The summed E-state index contributed by atoms with van der Waals surface area (Å²) < 4.78 is 27.0. The number of nitrogens with one attached hydrogen (secondary N) is 1. The minimum absolute atomic E-state index is 0.0782. The molecule has 3 aromatic rings. The first-order valence-electron chi connectivity index (χ1n) is 10.9. The Bertz CT molecular complexity index is 1220. The lowest BCUT2D eigenvalue weighted by Crippen LogP contribution is -2.44. The summed E-state index contributed by atoms with van der Waals surface area (Å²) >= 11 is 6.48. The molecule has 0 saturated carbocycles. The van der Waals surface area contributed by atoms with Crippen LogP contribution in [0.5, 0.6) is 0 Å². The number of hydrogen-bond donors (Lipinski definition) is 3. The topological polar surface area (TPSA) is 95.8 Å². The number of nitrogens with zero attached hydrogens (tertiary/aromatic N) is 4. The number of amidine groups is 1. The number of piperazine rings is 1. The zero-order valence-electron chi connectivity index (χ0n) is 19.0. The largest absolute Gasteiger partial charge is 0.383 e. The summed E-state index contributed by atoms with van der Waals surface area (Å²) in [6, 6.07) is 12.9. The number of aliphatic imine (C=N–C) groups is 1. The van der Waals surface area contributed by atoms with Gasteiger partial charge in [0.1, 0.15) is 23.3 Å². The summed E-state index contributed by atoms with van der Waals surface area (Å²) in [7, 11) is 2.13. The molecule has 0 atom stereocenters. The molecule has 0 unspecified atom stereocenters. The molecular weight excluding hydrogens is 488 g/mol. The lowest BCUT2D eigenvalue weighted by Gasteiger charge is -2.34. The van der Waals surface area contributed by atoms with E-state index in [1.807, 2.05) is 24.3 Å². The van der Waals surface area contributed by atoms with Crippen molar-refractivity contribution in [3.63, 3.8) is 0 Å². The molecule has 0 radical (unpaired) electrons. The van der Waals surface area contributed by atoms with Crippen molar-refractivity contribution in [1.82, 2.24) is 9.88 Å². The van der Waals surface area contributed by atoms with E-state index in [-0.39, 0.29) is 16.8 Å². The van der Waals surface area contributed by atoms with Gasteiger partial charge in [0.15, 0.2) is 5.11 Å². The van der Waals surface area contributed by atoms with Crippen molar-refractivity contribution in [3.8, 4) is 0 Å². The molecule has 1 saturated heterocycles. The van der Waals surface area contributed by atoms with Crippen LogP contribution >= 0.6 is 24.0 Å². The smallest absolute Gasteiger partial charge is 0.199 e. The Hall–Kier alpha value is -3.28. The number of nitrogen functional groups attached to an aromatic ring is 1. The summed E-state index contributed by atoms with van der Waals surface area (Å²) in [6.45, 7) is 4.05. The maximum atomic E-state index is 13.5. The van der Waals surface area contributed by atoms with Crippen LogP contribution in [-0.2, 0) is 0 Å². The quantitative estimate of drug-likeness (QED) is 0.268. The monoisotopic (exact) mass is 513 g/mol. The number of benzene rings is 2. The third-order valence-electron chi connectivity index (χ3n) is 5.45. The molecule has 0 amide bonds. The molecule has 0 spiro atoms. The van der Waals surface area contributed by atoms with Gasteiger partial charge in [0.2, 0.25) is 0 Å². The Morgan fingerprint density at radius 3 is 2.34 bits per heavy atom. The standard InChI is InChI=1S/C24H25F2N7S2/c1-32-6-8-33(9-7-32)18-4-2-17(3-5-18)30-24(34)31-23(28)21-13-20(14-29-22(21)27)35-19-11-15(25)10-16(26)12-19/h2-5,10-14H,6-9H2,1H3,(H2,27,29)(H3,28,30,31,34). The zero-order chi connectivity index (χ0) is 24.9. The van der Waals surface area contributed by atoms with Crippen LogP contribution in [0.25, 0.3) is 0 Å². The molecule has 182 valence electrons. The lowest BCUT2D eigenvalue weighted by atomic mass is 10.2. The van der Waals surface area contributed by atoms with E-state index in [0.29, 0.717) is 15.4 Å². The lowest BCUT2D eigenvalue weighted by molar-refractivity contribution is 0.313. The summed E-state index contributed by atoms with van der Waals surface area (Å²) in [6.07, 6.45) is 1.50. The van der Waals surface area contributed by atoms with Crippen molar-refractivity contribution >= 4 is 52.1 Å². The van der Waals surface area contributed by atoms with E-state index in [1.54, 1.807) is 6.07 Å². The third kappa shape index (κ3) is 6.65. The second-order valence-corrected chi connectivity index (χ2v) is 9.61. The fourth-order valence-corrected chi connectivity index (χ4v) is 4.70. The molecule has 2 heterocycles. The zero-order valence-corrected chi connectivity index (χ0v) is 20.7. The number of rotatable bonds is 5. The fraction of sp³-hybridized carbons (Fsp3) is 0.208. The molecule has 35 heavy (non-hydrogen) atoms. The van der Waals surface area contributed by atoms with Crippen LogP contribution in [0.3, 0.4) is 0 Å². The second kappa shape index (κ2) is 11.0. The summed E-state index contributed by atoms with van der Waals surface area (Å²) in [5.41, 5.74) is 14.5. The van der Waals surface area contributed by atoms with Gasteiger partial charge in [-0.1, -0.05) is 11.8 Å². The Morgan fingerprint density at radius 1 is 1.03 bits per heavy atom. The average Bonchev–Trinajstić information content (AvgIpc) is 2.80. The fourth-order valence-electron chi connectivity index (χ4n) is 3.58. The van der Waals surface area contributed by atoms with Crippen LogP contribution in [0.1, 0.15) is 5.56 Å². The van der Waals surface area contributed by atoms with Crippen molar-refractivity contribution < 1.29 is 8.78 Å². The van der Waals surface area contributed by atoms with Crippen LogP contribution in [-0.4, -0.2) is 54.1 Å². The van der Waals surface area contributed by atoms with Gasteiger partial charge in [-0.25, -0.2) is 18.8 Å². The van der Waals surface area contributed by atoms with Gasteiger partial charge in [-0.3, -0.25) is 0 Å². The number of anilines is 3. The number of nitrogens with two attached hydrogens (primary N) is 2. The first-order chi connectivity index (χ1) is 16.8. The predicted octanol–water partition coefficient (Wildman–Crippen LogP) is 3.95. The summed E-state index contributed by atoms with van der Waals surface area (Å²) in [4.78, 5) is 14.0. The number of likely N-dealkylation sites (N-methyl/N-ethyl adjacent to an activating group) is 1. The van der Waals surface area contributed by atoms with Crippen molar-refractivity contribution in [2.75, 3.05) is 49.2 Å². The second-order valence-electron chi connectivity index (χ2n) is 8.08. The molecule has 4 rings (SSSR count). The molecule has 0 bridgehead atoms. The van der Waals surface area contributed by atoms with Crippen molar-refractivity contribution in [2.45, 2.75) is 9.79 Å². The number of aromatic nitrogens is 1. The van der Waals surface area contributed by atoms with Gasteiger partial charge in [0.25, 0.3) is 0 Å². The van der Waals surface area contributed by atoms with E-state index in [0.717, 1.165) is 55.4 Å². The van der Waals surface area contributed by atoms with E-state index < -0.39 is 11.6 Å². The molecule has 2 aromatic carbocycles. The van der Waals surface area contributed by atoms with Gasteiger partial charge in [-0.05, 0) is 61.7 Å². The highest BCUT2D eigenvalue weighted by molar-refractivity contribution is 7.99. The molecule has 11 heteroatoms. The minimum Gasteiger partial charge on any atom is -0.383 e. The molecule has 0 aliphatic carbocycles. The van der Waals surface area contributed by atoms with Crippen molar-refractivity contribution in [1.29, 1.82) is 0 Å². The van der Waals surface area contributed by atoms with Crippen LogP contribution in [0, 0.1) is 11.6 Å². The van der Waals surface area contributed by atoms with Crippen LogP contribution in [0.15, 0.2) is 69.5 Å². The predicted molar refractivity (Wildman–Crippen MR) is 142 cm³/mol. The maximum Gasteiger partial charge on any atom is 0.199 e. The molecular formula is C24H25F2N7S2. The molecule has 1 fully saturated rings. The molecule has 5 N–H and O–H groups in total. The summed E-state index contributed by atoms with van der Waals surface area (Å²) in [5, 5.41) is 3.22. The molecule has 1 aromatic heterocycles.